The molecule has 1 aromatic carbocycles. The molecule has 1 unspecified atom stereocenters. The number of carbonyl (C=O) groups is 1. The summed E-state index contributed by atoms with van der Waals surface area (Å²) >= 11 is 9.21. The summed E-state index contributed by atoms with van der Waals surface area (Å²) < 4.78 is 6.23. The molecular weight excluding hydrogens is 320 g/mol. The molecule has 1 amide bonds. The molecule has 1 heterocycles. The smallest absolute Gasteiger partial charge is 0.252 e. The molecular formula is C12H14BrClN2O2. The molecule has 0 bridgehead atoms. The summed E-state index contributed by atoms with van der Waals surface area (Å²) in [6, 6.07) is 5.13. The lowest BCUT2D eigenvalue weighted by molar-refractivity contribution is 0.0287. The topological polar surface area (TPSA) is 50.4 Å². The highest BCUT2D eigenvalue weighted by molar-refractivity contribution is 9.10. The summed E-state index contributed by atoms with van der Waals surface area (Å²) in [6.45, 7) is 2.80. The Morgan fingerprint density at radius 2 is 2.44 bits per heavy atom. The van der Waals surface area contributed by atoms with Gasteiger partial charge in [0, 0.05) is 29.1 Å². The standard InChI is InChI=1S/C12H14BrClN2O2/c13-11-2-1-8(14)5-10(11)12(17)16-7-9-6-15-3-4-18-9/h1-2,5,9,15H,3-4,6-7H2,(H,16,17). The molecule has 2 N–H and O–H groups in total. The fraction of sp³-hybridized carbons (Fsp3) is 0.417. The van der Waals surface area contributed by atoms with Gasteiger partial charge in [-0.15, -0.1) is 0 Å². The second kappa shape index (κ2) is 6.52. The van der Waals surface area contributed by atoms with E-state index in [-0.39, 0.29) is 12.0 Å². The highest BCUT2D eigenvalue weighted by Gasteiger charge is 2.16. The van der Waals surface area contributed by atoms with Crippen LogP contribution in [0.1, 0.15) is 10.4 Å². The summed E-state index contributed by atoms with van der Waals surface area (Å²) in [5.74, 6) is -0.154. The van der Waals surface area contributed by atoms with Gasteiger partial charge >= 0.3 is 0 Å². The quantitative estimate of drug-likeness (QED) is 0.887. The van der Waals surface area contributed by atoms with Crippen molar-refractivity contribution in [2.24, 2.45) is 0 Å². The minimum Gasteiger partial charge on any atom is -0.374 e. The first kappa shape index (κ1) is 13.8. The van der Waals surface area contributed by atoms with E-state index in [1.807, 2.05) is 0 Å². The number of hydrogen-bond acceptors (Lipinski definition) is 3. The zero-order valence-electron chi connectivity index (χ0n) is 9.71. The summed E-state index contributed by atoms with van der Waals surface area (Å²) in [7, 11) is 0. The molecule has 18 heavy (non-hydrogen) atoms. The Kier molecular flexibility index (Phi) is 5.00. The van der Waals surface area contributed by atoms with Gasteiger partial charge in [0.25, 0.3) is 5.91 Å². The molecule has 1 fully saturated rings. The van der Waals surface area contributed by atoms with E-state index in [9.17, 15) is 4.79 Å². The van der Waals surface area contributed by atoms with Gasteiger partial charge in [0.2, 0.25) is 0 Å². The third kappa shape index (κ3) is 3.68. The minimum atomic E-state index is -0.154. The van der Waals surface area contributed by atoms with Crippen LogP contribution >= 0.6 is 27.5 Å². The maximum absolute atomic E-state index is 12.0. The van der Waals surface area contributed by atoms with Gasteiger partial charge in [-0.2, -0.15) is 0 Å². The van der Waals surface area contributed by atoms with Crippen LogP contribution in [0.4, 0.5) is 0 Å². The zero-order chi connectivity index (χ0) is 13.0. The summed E-state index contributed by atoms with van der Waals surface area (Å²) in [5.41, 5.74) is 0.534. The minimum absolute atomic E-state index is 0.0284. The number of morpholine rings is 1. The SMILES string of the molecule is O=C(NCC1CNCCO1)c1cc(Cl)ccc1Br. The number of nitrogens with one attached hydrogen (secondary N) is 2. The number of ether oxygens (including phenoxy) is 1. The van der Waals surface area contributed by atoms with Crippen molar-refractivity contribution in [3.05, 3.63) is 33.3 Å². The highest BCUT2D eigenvalue weighted by atomic mass is 79.9. The fourth-order valence-electron chi connectivity index (χ4n) is 1.72. The van der Waals surface area contributed by atoms with E-state index >= 15 is 0 Å². The van der Waals surface area contributed by atoms with E-state index < -0.39 is 0 Å². The molecule has 98 valence electrons. The van der Waals surface area contributed by atoms with Gasteiger partial charge in [-0.05, 0) is 34.1 Å². The van der Waals surface area contributed by atoms with E-state index in [1.54, 1.807) is 18.2 Å². The number of hydrogen-bond donors (Lipinski definition) is 2. The molecule has 0 aromatic heterocycles. The molecule has 1 aliphatic rings. The van der Waals surface area contributed by atoms with Crippen molar-refractivity contribution < 1.29 is 9.53 Å². The van der Waals surface area contributed by atoms with Crippen LogP contribution in [0.3, 0.4) is 0 Å². The second-order valence-electron chi connectivity index (χ2n) is 4.03. The average molecular weight is 334 g/mol. The van der Waals surface area contributed by atoms with Crippen molar-refractivity contribution in [1.29, 1.82) is 0 Å². The Hall–Kier alpha value is -0.620. The van der Waals surface area contributed by atoms with E-state index in [2.05, 4.69) is 26.6 Å². The Balaban J connectivity index is 1.92. The van der Waals surface area contributed by atoms with Crippen molar-refractivity contribution in [3.8, 4) is 0 Å². The zero-order valence-corrected chi connectivity index (χ0v) is 12.1. The third-order valence-electron chi connectivity index (χ3n) is 2.67. The molecule has 1 saturated heterocycles. The van der Waals surface area contributed by atoms with Gasteiger partial charge in [-0.25, -0.2) is 0 Å². The predicted molar refractivity (Wildman–Crippen MR) is 74.1 cm³/mol. The molecule has 0 spiro atoms. The Morgan fingerprint density at radius 1 is 1.61 bits per heavy atom. The normalized spacial score (nSPS) is 19.6. The first-order chi connectivity index (χ1) is 8.66. The van der Waals surface area contributed by atoms with Crippen LogP contribution in [0.2, 0.25) is 5.02 Å². The van der Waals surface area contributed by atoms with Gasteiger partial charge in [-0.3, -0.25) is 4.79 Å². The van der Waals surface area contributed by atoms with Crippen LogP contribution in [-0.2, 0) is 4.74 Å². The van der Waals surface area contributed by atoms with Crippen molar-refractivity contribution in [2.75, 3.05) is 26.2 Å². The van der Waals surface area contributed by atoms with Crippen LogP contribution in [0.25, 0.3) is 0 Å². The maximum atomic E-state index is 12.0. The number of benzene rings is 1. The molecule has 2 rings (SSSR count). The third-order valence-corrected chi connectivity index (χ3v) is 3.59. The van der Waals surface area contributed by atoms with Crippen molar-refractivity contribution in [1.82, 2.24) is 10.6 Å². The molecule has 4 nitrogen and oxygen atoms in total. The molecule has 0 saturated carbocycles. The van der Waals surface area contributed by atoms with Crippen LogP contribution in [-0.4, -0.2) is 38.3 Å². The number of amides is 1. The Bertz CT molecular complexity index is 436. The largest absolute Gasteiger partial charge is 0.374 e. The van der Waals surface area contributed by atoms with Crippen LogP contribution < -0.4 is 10.6 Å². The molecule has 0 radical (unpaired) electrons. The van der Waals surface area contributed by atoms with Gasteiger partial charge in [0.1, 0.15) is 0 Å². The van der Waals surface area contributed by atoms with Crippen molar-refractivity contribution in [2.45, 2.75) is 6.10 Å². The lowest BCUT2D eigenvalue weighted by Crippen LogP contribution is -2.45. The summed E-state index contributed by atoms with van der Waals surface area (Å²) in [4.78, 5) is 12.0. The van der Waals surface area contributed by atoms with Gasteiger partial charge in [0.15, 0.2) is 0 Å². The highest BCUT2D eigenvalue weighted by Crippen LogP contribution is 2.20. The second-order valence-corrected chi connectivity index (χ2v) is 5.32. The molecule has 1 aromatic rings. The molecule has 1 atom stereocenters. The number of carbonyl (C=O) groups excluding carboxylic acids is 1. The average Bonchev–Trinajstić information content (AvgIpc) is 2.40. The fourth-order valence-corrected chi connectivity index (χ4v) is 2.32. The van der Waals surface area contributed by atoms with Gasteiger partial charge < -0.3 is 15.4 Å². The first-order valence-electron chi connectivity index (χ1n) is 5.72. The summed E-state index contributed by atoms with van der Waals surface area (Å²) in [6.07, 6.45) is 0.0284. The number of rotatable bonds is 3. The lowest BCUT2D eigenvalue weighted by atomic mass is 10.2. The molecule has 1 aliphatic heterocycles. The summed E-state index contributed by atoms with van der Waals surface area (Å²) in [5, 5.41) is 6.60. The van der Waals surface area contributed by atoms with Crippen LogP contribution in [0.15, 0.2) is 22.7 Å². The maximum Gasteiger partial charge on any atom is 0.252 e. The van der Waals surface area contributed by atoms with Crippen LogP contribution in [0, 0.1) is 0 Å². The van der Waals surface area contributed by atoms with E-state index in [1.165, 1.54) is 0 Å². The van der Waals surface area contributed by atoms with Gasteiger partial charge in [0.05, 0.1) is 18.3 Å². The Labute approximate surface area is 119 Å². The van der Waals surface area contributed by atoms with Crippen molar-refractivity contribution in [3.63, 3.8) is 0 Å². The molecule has 6 heteroatoms. The van der Waals surface area contributed by atoms with E-state index in [0.717, 1.165) is 17.6 Å². The first-order valence-corrected chi connectivity index (χ1v) is 6.89. The van der Waals surface area contributed by atoms with E-state index in [0.29, 0.717) is 23.7 Å². The molecule has 0 aliphatic carbocycles. The Morgan fingerprint density at radius 3 is 3.17 bits per heavy atom. The van der Waals surface area contributed by atoms with Crippen molar-refractivity contribution >= 4 is 33.4 Å². The number of halogens is 2. The monoisotopic (exact) mass is 332 g/mol. The predicted octanol–water partition coefficient (Wildman–Crippen LogP) is 1.82. The van der Waals surface area contributed by atoms with Gasteiger partial charge in [-0.1, -0.05) is 11.6 Å². The lowest BCUT2D eigenvalue weighted by Gasteiger charge is -2.23. The van der Waals surface area contributed by atoms with Crippen LogP contribution in [0.5, 0.6) is 0 Å². The van der Waals surface area contributed by atoms with E-state index in [4.69, 9.17) is 16.3 Å².